The van der Waals surface area contributed by atoms with Crippen LogP contribution >= 0.6 is 0 Å². The van der Waals surface area contributed by atoms with Crippen LogP contribution in [0.5, 0.6) is 0 Å². The average molecular weight is 384 g/mol. The van der Waals surface area contributed by atoms with E-state index in [1.807, 2.05) is 71.5 Å². The number of para-hydroxylation sites is 2. The molecule has 2 aromatic heterocycles. The minimum atomic E-state index is 0.646. The van der Waals surface area contributed by atoms with E-state index in [1.54, 1.807) is 0 Å². The van der Waals surface area contributed by atoms with Crippen molar-refractivity contribution in [2.45, 2.75) is 19.8 Å². The van der Waals surface area contributed by atoms with Gasteiger partial charge in [-0.1, -0.05) is 43.3 Å². The molecule has 6 heteroatoms. The van der Waals surface area contributed by atoms with Crippen molar-refractivity contribution in [1.82, 2.24) is 19.7 Å². The van der Waals surface area contributed by atoms with Gasteiger partial charge in [0.15, 0.2) is 5.65 Å². The fraction of sp³-hybridized carbons (Fsp3) is 0.261. The molecule has 1 atom stereocenters. The van der Waals surface area contributed by atoms with E-state index >= 15 is 0 Å². The summed E-state index contributed by atoms with van der Waals surface area (Å²) in [5.41, 5.74) is 2.81. The minimum absolute atomic E-state index is 0.646. The van der Waals surface area contributed by atoms with Crippen LogP contribution < -0.4 is 10.2 Å². The van der Waals surface area contributed by atoms with Crippen LogP contribution in [0, 0.1) is 5.92 Å². The molecule has 5 rings (SSSR count). The smallest absolute Gasteiger partial charge is 0.229 e. The normalized spacial score (nSPS) is 16.9. The van der Waals surface area contributed by atoms with Crippen LogP contribution in [0.3, 0.4) is 0 Å². The molecule has 0 radical (unpaired) electrons. The van der Waals surface area contributed by atoms with Crippen molar-refractivity contribution in [3.8, 4) is 5.69 Å². The topological polar surface area (TPSA) is 58.9 Å². The maximum absolute atomic E-state index is 4.95. The SMILES string of the molecule is CC1CCCN(c2nc(Nc3ccccc3)c3cnn(-c4ccccc4)c3n2)C1. The molecule has 4 aromatic rings. The average Bonchev–Trinajstić information content (AvgIpc) is 3.19. The van der Waals surface area contributed by atoms with Gasteiger partial charge in [0.2, 0.25) is 5.95 Å². The Kier molecular flexibility index (Phi) is 4.60. The first-order chi connectivity index (χ1) is 14.3. The first-order valence-corrected chi connectivity index (χ1v) is 10.2. The van der Waals surface area contributed by atoms with Gasteiger partial charge in [-0.3, -0.25) is 0 Å². The molecule has 1 N–H and O–H groups in total. The highest BCUT2D eigenvalue weighted by Gasteiger charge is 2.22. The predicted molar refractivity (Wildman–Crippen MR) is 117 cm³/mol. The summed E-state index contributed by atoms with van der Waals surface area (Å²) < 4.78 is 1.89. The molecular formula is C23H24N6. The molecule has 6 nitrogen and oxygen atoms in total. The Morgan fingerprint density at radius 1 is 0.966 bits per heavy atom. The van der Waals surface area contributed by atoms with Crippen molar-refractivity contribution in [3.05, 3.63) is 66.9 Å². The Bertz CT molecular complexity index is 1110. The van der Waals surface area contributed by atoms with Crippen molar-refractivity contribution in [2.75, 3.05) is 23.3 Å². The van der Waals surface area contributed by atoms with Crippen LogP contribution in [0.1, 0.15) is 19.8 Å². The van der Waals surface area contributed by atoms with Crippen LogP contribution in [0.4, 0.5) is 17.5 Å². The predicted octanol–water partition coefficient (Wildman–Crippen LogP) is 4.80. The van der Waals surface area contributed by atoms with E-state index in [9.17, 15) is 0 Å². The zero-order valence-corrected chi connectivity index (χ0v) is 16.5. The molecule has 1 saturated heterocycles. The van der Waals surface area contributed by atoms with Gasteiger partial charge in [0.05, 0.1) is 17.3 Å². The summed E-state index contributed by atoms with van der Waals surface area (Å²) in [5.74, 6) is 2.20. The fourth-order valence-electron chi connectivity index (χ4n) is 3.92. The van der Waals surface area contributed by atoms with E-state index in [4.69, 9.17) is 9.97 Å². The van der Waals surface area contributed by atoms with E-state index in [2.05, 4.69) is 22.2 Å². The number of hydrogen-bond acceptors (Lipinski definition) is 5. The second-order valence-corrected chi connectivity index (χ2v) is 7.69. The highest BCUT2D eigenvalue weighted by molar-refractivity contribution is 5.90. The summed E-state index contributed by atoms with van der Waals surface area (Å²) in [6.45, 7) is 4.26. The van der Waals surface area contributed by atoms with Crippen LogP contribution in [-0.4, -0.2) is 32.8 Å². The third-order valence-corrected chi connectivity index (χ3v) is 5.39. The van der Waals surface area contributed by atoms with Crippen molar-refractivity contribution in [1.29, 1.82) is 0 Å². The van der Waals surface area contributed by atoms with Crippen LogP contribution in [0.2, 0.25) is 0 Å². The maximum Gasteiger partial charge on any atom is 0.229 e. The quantitative estimate of drug-likeness (QED) is 0.548. The van der Waals surface area contributed by atoms with Crippen LogP contribution in [-0.2, 0) is 0 Å². The van der Waals surface area contributed by atoms with Gasteiger partial charge in [-0.2, -0.15) is 15.1 Å². The van der Waals surface area contributed by atoms with E-state index in [1.165, 1.54) is 12.8 Å². The Morgan fingerprint density at radius 3 is 2.48 bits per heavy atom. The third-order valence-electron chi connectivity index (χ3n) is 5.39. The Labute approximate surface area is 170 Å². The van der Waals surface area contributed by atoms with Crippen LogP contribution in [0.15, 0.2) is 66.9 Å². The molecule has 0 saturated carbocycles. The van der Waals surface area contributed by atoms with Crippen molar-refractivity contribution in [3.63, 3.8) is 0 Å². The number of fused-ring (bicyclic) bond motifs is 1. The van der Waals surface area contributed by atoms with Gasteiger partial charge in [-0.05, 0) is 43.0 Å². The number of rotatable bonds is 4. The molecule has 0 amide bonds. The third kappa shape index (κ3) is 3.53. The van der Waals surface area contributed by atoms with E-state index < -0.39 is 0 Å². The maximum atomic E-state index is 4.95. The molecule has 3 heterocycles. The number of hydrogen-bond donors (Lipinski definition) is 1. The van der Waals surface area contributed by atoms with Crippen molar-refractivity contribution < 1.29 is 0 Å². The molecule has 146 valence electrons. The largest absolute Gasteiger partial charge is 0.340 e. The highest BCUT2D eigenvalue weighted by Crippen LogP contribution is 2.29. The number of benzene rings is 2. The monoisotopic (exact) mass is 384 g/mol. The van der Waals surface area contributed by atoms with E-state index in [0.29, 0.717) is 5.92 Å². The molecule has 29 heavy (non-hydrogen) atoms. The molecule has 0 spiro atoms. The van der Waals surface area contributed by atoms with Crippen LogP contribution in [0.25, 0.3) is 16.7 Å². The molecule has 1 aliphatic heterocycles. The Hall–Kier alpha value is -3.41. The highest BCUT2D eigenvalue weighted by atomic mass is 15.3. The first-order valence-electron chi connectivity index (χ1n) is 10.2. The summed E-state index contributed by atoms with van der Waals surface area (Å²) >= 11 is 0. The van der Waals surface area contributed by atoms with Gasteiger partial charge in [0.25, 0.3) is 0 Å². The second-order valence-electron chi connectivity index (χ2n) is 7.69. The minimum Gasteiger partial charge on any atom is -0.340 e. The van der Waals surface area contributed by atoms with Crippen molar-refractivity contribution >= 4 is 28.5 Å². The lowest BCUT2D eigenvalue weighted by molar-refractivity contribution is 0.442. The zero-order chi connectivity index (χ0) is 19.6. The number of nitrogens with one attached hydrogen (secondary N) is 1. The van der Waals surface area contributed by atoms with E-state index in [0.717, 1.165) is 47.3 Å². The van der Waals surface area contributed by atoms with Gasteiger partial charge < -0.3 is 10.2 Å². The van der Waals surface area contributed by atoms with Gasteiger partial charge in [0, 0.05) is 18.8 Å². The summed E-state index contributed by atoms with van der Waals surface area (Å²) in [6, 6.07) is 20.2. The summed E-state index contributed by atoms with van der Waals surface area (Å²) in [4.78, 5) is 12.2. The summed E-state index contributed by atoms with van der Waals surface area (Å²) in [6.07, 6.45) is 4.27. The second kappa shape index (κ2) is 7.54. The molecule has 2 aromatic carbocycles. The number of aromatic nitrogens is 4. The lowest BCUT2D eigenvalue weighted by Crippen LogP contribution is -2.35. The molecular weight excluding hydrogens is 360 g/mol. The zero-order valence-electron chi connectivity index (χ0n) is 16.5. The lowest BCUT2D eigenvalue weighted by atomic mass is 10.0. The van der Waals surface area contributed by atoms with Gasteiger partial charge in [-0.25, -0.2) is 4.68 Å². The Balaban J connectivity index is 1.64. The lowest BCUT2D eigenvalue weighted by Gasteiger charge is -2.31. The molecule has 0 bridgehead atoms. The Morgan fingerprint density at radius 2 is 1.72 bits per heavy atom. The van der Waals surface area contributed by atoms with Gasteiger partial charge in [-0.15, -0.1) is 0 Å². The van der Waals surface area contributed by atoms with E-state index in [-0.39, 0.29) is 0 Å². The molecule has 1 fully saturated rings. The standard InChI is InChI=1S/C23H24N6/c1-17-9-8-14-28(16-17)23-26-21(25-18-10-4-2-5-11-18)20-15-24-29(22(20)27-23)19-12-6-3-7-13-19/h2-7,10-13,15,17H,8-9,14,16H2,1H3,(H,25,26,27). The fourth-order valence-corrected chi connectivity index (χ4v) is 3.92. The van der Waals surface area contributed by atoms with Gasteiger partial charge >= 0.3 is 0 Å². The summed E-state index contributed by atoms with van der Waals surface area (Å²) in [7, 11) is 0. The van der Waals surface area contributed by atoms with Gasteiger partial charge in [0.1, 0.15) is 5.82 Å². The molecule has 1 unspecified atom stereocenters. The first kappa shape index (κ1) is 17.7. The molecule has 1 aliphatic rings. The summed E-state index contributed by atoms with van der Waals surface area (Å²) in [5, 5.41) is 9.00. The number of nitrogens with zero attached hydrogens (tertiary/aromatic N) is 5. The van der Waals surface area contributed by atoms with Crippen molar-refractivity contribution in [2.24, 2.45) is 5.92 Å². The molecule has 0 aliphatic carbocycles. The number of anilines is 3. The number of piperidine rings is 1.